The third-order valence-electron chi connectivity index (χ3n) is 3.21. The number of aromatic nitrogens is 1. The molecule has 1 aliphatic heterocycles. The Morgan fingerprint density at radius 2 is 1.84 bits per heavy atom. The van der Waals surface area contributed by atoms with E-state index in [1.807, 2.05) is 36.5 Å². The predicted octanol–water partition coefficient (Wildman–Crippen LogP) is 0.913. The number of nitrogens with zero attached hydrogens (tertiary/aromatic N) is 3. The van der Waals surface area contributed by atoms with Crippen molar-refractivity contribution in [2.24, 2.45) is 10.2 Å². The van der Waals surface area contributed by atoms with Gasteiger partial charge >= 0.3 is 0 Å². The highest BCUT2D eigenvalue weighted by Crippen LogP contribution is 2.03. The van der Waals surface area contributed by atoms with Crippen molar-refractivity contribution in [3.63, 3.8) is 0 Å². The summed E-state index contributed by atoms with van der Waals surface area (Å²) in [5, 5.41) is 8.60. The summed E-state index contributed by atoms with van der Waals surface area (Å²) < 4.78 is 0. The smallest absolute Gasteiger partial charge is 0.260 e. The van der Waals surface area contributed by atoms with E-state index in [0.717, 1.165) is 28.6 Å². The molecule has 0 amide bonds. The zero-order valence-corrected chi connectivity index (χ0v) is 10.7. The van der Waals surface area contributed by atoms with Crippen molar-refractivity contribution in [3.8, 4) is 0 Å². The van der Waals surface area contributed by atoms with Gasteiger partial charge in [0.15, 0.2) is 0 Å². The van der Waals surface area contributed by atoms with E-state index in [1.54, 1.807) is 6.20 Å². The maximum Gasteiger partial charge on any atom is 0.260 e. The van der Waals surface area contributed by atoms with Crippen LogP contribution >= 0.6 is 0 Å². The van der Waals surface area contributed by atoms with Crippen LogP contribution in [0, 0.1) is 0 Å². The van der Waals surface area contributed by atoms with Gasteiger partial charge in [-0.25, -0.2) is 4.90 Å². The van der Waals surface area contributed by atoms with Gasteiger partial charge in [0.2, 0.25) is 5.84 Å². The minimum atomic E-state index is 0.819. The molecule has 0 spiro atoms. The number of nitrogens with one attached hydrogen (secondary N) is 1. The number of hydrogen-bond donors (Lipinski definition) is 1. The molecule has 1 atom stereocenters. The maximum atomic E-state index is 4.31. The quantitative estimate of drug-likeness (QED) is 0.865. The van der Waals surface area contributed by atoms with Crippen LogP contribution in [0.1, 0.15) is 11.1 Å². The topological polar surface area (TPSA) is 42.0 Å². The maximum absolute atomic E-state index is 4.31. The molecule has 19 heavy (non-hydrogen) atoms. The van der Waals surface area contributed by atoms with Gasteiger partial charge in [-0.1, -0.05) is 40.5 Å². The van der Waals surface area contributed by atoms with Gasteiger partial charge in [-0.2, -0.15) is 0 Å². The lowest BCUT2D eigenvalue weighted by Gasteiger charge is -2.10. The van der Waals surface area contributed by atoms with Crippen LogP contribution in [-0.4, -0.2) is 23.7 Å². The van der Waals surface area contributed by atoms with Crippen molar-refractivity contribution >= 4 is 11.7 Å². The third kappa shape index (κ3) is 2.44. The minimum absolute atomic E-state index is 0.819. The molecule has 0 bridgehead atoms. The molecule has 0 saturated heterocycles. The van der Waals surface area contributed by atoms with Gasteiger partial charge in [0, 0.05) is 12.4 Å². The summed E-state index contributed by atoms with van der Waals surface area (Å²) in [6, 6.07) is 14.3. The second-order valence-corrected chi connectivity index (χ2v) is 4.52. The zero-order valence-electron chi connectivity index (χ0n) is 10.7. The molecule has 1 aliphatic rings. The van der Waals surface area contributed by atoms with Gasteiger partial charge in [-0.15, -0.1) is 0 Å². The number of hydrogen-bond acceptors (Lipinski definition) is 3. The van der Waals surface area contributed by atoms with E-state index in [2.05, 4.69) is 34.4 Å². The molecular formula is C15H15N4+. The number of quaternary nitrogens is 1. The first-order chi connectivity index (χ1) is 9.34. The molecule has 4 nitrogen and oxygen atoms in total. The molecule has 1 aromatic carbocycles. The van der Waals surface area contributed by atoms with E-state index < -0.39 is 0 Å². The van der Waals surface area contributed by atoms with Crippen LogP contribution in [0.2, 0.25) is 0 Å². The fraction of sp³-hybridized carbons (Fsp3) is 0.133. The van der Waals surface area contributed by atoms with Crippen LogP contribution in [-0.2, 0) is 6.42 Å². The summed E-state index contributed by atoms with van der Waals surface area (Å²) in [5.74, 6) is 1.96. The average molecular weight is 251 g/mol. The molecule has 0 fully saturated rings. The lowest BCUT2D eigenvalue weighted by molar-refractivity contribution is -0.672. The number of likely N-dealkylation sites (N-methyl/N-ethyl adjacent to an activating group) is 1. The Balaban J connectivity index is 1.76. The van der Waals surface area contributed by atoms with E-state index in [4.69, 9.17) is 0 Å². The van der Waals surface area contributed by atoms with Gasteiger partial charge < -0.3 is 0 Å². The van der Waals surface area contributed by atoms with Crippen molar-refractivity contribution in [3.05, 3.63) is 66.0 Å². The SMILES string of the molecule is C[NH+]1C(Cc2ccccc2)=NN=C1c1cccnc1. The van der Waals surface area contributed by atoms with Crippen molar-refractivity contribution in [1.29, 1.82) is 0 Å². The molecule has 2 heterocycles. The lowest BCUT2D eigenvalue weighted by Crippen LogP contribution is -3.13. The molecule has 1 unspecified atom stereocenters. The highest BCUT2D eigenvalue weighted by atomic mass is 15.4. The molecule has 1 N–H and O–H groups in total. The zero-order chi connectivity index (χ0) is 13.1. The number of pyridine rings is 1. The molecule has 1 aromatic heterocycles. The Hall–Kier alpha value is -2.33. The van der Waals surface area contributed by atoms with Gasteiger partial charge in [-0.3, -0.25) is 4.98 Å². The molecule has 94 valence electrons. The molecule has 0 radical (unpaired) electrons. The first-order valence-electron chi connectivity index (χ1n) is 6.28. The molecular weight excluding hydrogens is 236 g/mol. The molecule has 0 aliphatic carbocycles. The van der Waals surface area contributed by atoms with Crippen molar-refractivity contribution in [1.82, 2.24) is 4.98 Å². The van der Waals surface area contributed by atoms with Gasteiger partial charge in [0.05, 0.1) is 19.0 Å². The van der Waals surface area contributed by atoms with E-state index in [9.17, 15) is 0 Å². The summed E-state index contributed by atoms with van der Waals surface area (Å²) in [7, 11) is 2.07. The van der Waals surface area contributed by atoms with Crippen molar-refractivity contribution < 1.29 is 4.90 Å². The van der Waals surface area contributed by atoms with E-state index in [-0.39, 0.29) is 0 Å². The lowest BCUT2D eigenvalue weighted by atomic mass is 10.1. The first-order valence-corrected chi connectivity index (χ1v) is 6.28. The summed E-state index contributed by atoms with van der Waals surface area (Å²) in [6.45, 7) is 0. The fourth-order valence-corrected chi connectivity index (χ4v) is 2.13. The predicted molar refractivity (Wildman–Crippen MR) is 75.2 cm³/mol. The van der Waals surface area contributed by atoms with Crippen LogP contribution in [0.4, 0.5) is 0 Å². The largest absolute Gasteiger partial charge is 0.264 e. The van der Waals surface area contributed by atoms with Gasteiger partial charge in [0.25, 0.3) is 5.84 Å². The number of amidine groups is 2. The van der Waals surface area contributed by atoms with Crippen LogP contribution in [0.5, 0.6) is 0 Å². The van der Waals surface area contributed by atoms with Crippen LogP contribution < -0.4 is 4.90 Å². The normalized spacial score (nSPS) is 18.1. The highest BCUT2D eigenvalue weighted by molar-refractivity contribution is 6.00. The minimum Gasteiger partial charge on any atom is -0.264 e. The average Bonchev–Trinajstić information content (AvgIpc) is 2.82. The van der Waals surface area contributed by atoms with Gasteiger partial charge in [-0.05, 0) is 17.7 Å². The van der Waals surface area contributed by atoms with E-state index >= 15 is 0 Å². The Labute approximate surface area is 112 Å². The third-order valence-corrected chi connectivity index (χ3v) is 3.21. The van der Waals surface area contributed by atoms with Gasteiger partial charge in [0.1, 0.15) is 0 Å². The highest BCUT2D eigenvalue weighted by Gasteiger charge is 2.27. The Morgan fingerprint density at radius 1 is 1.00 bits per heavy atom. The molecule has 3 rings (SSSR count). The van der Waals surface area contributed by atoms with Crippen LogP contribution in [0.15, 0.2) is 65.1 Å². The van der Waals surface area contributed by atoms with Crippen LogP contribution in [0.25, 0.3) is 0 Å². The molecule has 0 saturated carbocycles. The summed E-state index contributed by atoms with van der Waals surface area (Å²) in [6.07, 6.45) is 4.41. The monoisotopic (exact) mass is 251 g/mol. The van der Waals surface area contributed by atoms with Crippen LogP contribution in [0.3, 0.4) is 0 Å². The Bertz CT molecular complexity index is 617. The fourth-order valence-electron chi connectivity index (χ4n) is 2.13. The standard InChI is InChI=1S/C15H14N4/c1-19-14(10-12-6-3-2-4-7-12)17-18-15(19)13-8-5-9-16-11-13/h2-9,11H,10H2,1H3/p+1. The number of benzene rings is 1. The number of rotatable bonds is 3. The second kappa shape index (κ2) is 5.12. The first kappa shape index (κ1) is 11.7. The summed E-state index contributed by atoms with van der Waals surface area (Å²) in [5.41, 5.74) is 2.27. The Morgan fingerprint density at radius 3 is 2.58 bits per heavy atom. The van der Waals surface area contributed by atoms with E-state index in [0.29, 0.717) is 0 Å². The van der Waals surface area contributed by atoms with E-state index in [1.165, 1.54) is 5.56 Å². The van der Waals surface area contributed by atoms with Crippen molar-refractivity contribution in [2.75, 3.05) is 7.05 Å². The molecule has 2 aromatic rings. The van der Waals surface area contributed by atoms with Crippen molar-refractivity contribution in [2.45, 2.75) is 6.42 Å². The molecule has 4 heteroatoms. The summed E-state index contributed by atoms with van der Waals surface area (Å²) in [4.78, 5) is 5.26. The second-order valence-electron chi connectivity index (χ2n) is 4.52. The summed E-state index contributed by atoms with van der Waals surface area (Å²) >= 11 is 0. The Kier molecular flexibility index (Phi) is 3.16.